The van der Waals surface area contributed by atoms with Crippen LogP contribution in [0.15, 0.2) is 48.9 Å². The van der Waals surface area contributed by atoms with Crippen LogP contribution in [-0.4, -0.2) is 72.9 Å². The van der Waals surface area contributed by atoms with E-state index in [0.717, 1.165) is 29.9 Å². The first-order valence-electron chi connectivity index (χ1n) is 11.0. The van der Waals surface area contributed by atoms with Crippen LogP contribution in [0.2, 0.25) is 0 Å². The van der Waals surface area contributed by atoms with Gasteiger partial charge in [0.15, 0.2) is 19.5 Å². The van der Waals surface area contributed by atoms with Crippen molar-refractivity contribution in [3.8, 4) is 11.3 Å². The second kappa shape index (κ2) is 11.1. The van der Waals surface area contributed by atoms with Crippen molar-refractivity contribution in [1.82, 2.24) is 20.2 Å². The Morgan fingerprint density at radius 2 is 1.97 bits per heavy atom. The van der Waals surface area contributed by atoms with Gasteiger partial charge in [-0.2, -0.15) is 0 Å². The monoisotopic (exact) mass is 459 g/mol. The summed E-state index contributed by atoms with van der Waals surface area (Å²) in [6.07, 6.45) is 5.39. The summed E-state index contributed by atoms with van der Waals surface area (Å²) < 4.78 is 5.42. The average Bonchev–Trinajstić information content (AvgIpc) is 2.89. The number of amides is 1. The molecule has 1 fully saturated rings. The fourth-order valence-corrected chi connectivity index (χ4v) is 3.72. The van der Waals surface area contributed by atoms with Gasteiger partial charge in [0, 0.05) is 30.9 Å². The Kier molecular flexibility index (Phi) is 7.68. The molecule has 1 aromatic carbocycles. The number of benzene rings is 1. The van der Waals surface area contributed by atoms with Crippen molar-refractivity contribution >= 4 is 31.1 Å². The number of pyridine rings is 1. The summed E-state index contributed by atoms with van der Waals surface area (Å²) in [4.78, 5) is 28.0. The third kappa shape index (κ3) is 5.50. The van der Waals surface area contributed by atoms with Crippen LogP contribution in [-0.2, 0) is 11.2 Å². The van der Waals surface area contributed by atoms with E-state index < -0.39 is 5.91 Å². The molecule has 0 aliphatic carbocycles. The molecule has 10 nitrogen and oxygen atoms in total. The zero-order chi connectivity index (χ0) is 23.9. The smallest absolute Gasteiger partial charge is 0.278 e. The maximum Gasteiger partial charge on any atom is 0.278 e. The predicted molar refractivity (Wildman–Crippen MR) is 131 cm³/mol. The zero-order valence-corrected chi connectivity index (χ0v) is 18.6. The molecule has 3 heterocycles. The molecule has 4 rings (SSSR count). The number of nitrogens with zero attached hydrogens (tertiary/aromatic N) is 4. The van der Waals surface area contributed by atoms with Gasteiger partial charge in [-0.05, 0) is 18.1 Å². The number of hydrogen-bond donors (Lipinski definition) is 4. The number of aliphatic hydroxyl groups is 1. The number of morpholine rings is 1. The lowest BCUT2D eigenvalue weighted by molar-refractivity contribution is 0.102. The lowest BCUT2D eigenvalue weighted by Gasteiger charge is -2.30. The van der Waals surface area contributed by atoms with Crippen LogP contribution in [0.3, 0.4) is 0 Å². The number of anilines is 3. The van der Waals surface area contributed by atoms with E-state index in [1.807, 2.05) is 30.3 Å². The molecular formula is C23H26BN7O3. The summed E-state index contributed by atoms with van der Waals surface area (Å²) in [7, 11) is 5.43. The standard InChI is InChI=1S/C23H26BN7O3/c24-30-17(14-32)11-15-1-3-16(4-2-15)18-13-27-22(25)21(28-18)23(33)29-19-12-26-6-5-20(19)31-7-9-34-10-8-31/h1-6,12-13,17,30,32H,7-11,14H2,(H2,25,27)(H,29,33)/t17-/m1/s1. The van der Waals surface area contributed by atoms with Gasteiger partial charge in [0.2, 0.25) is 0 Å². The van der Waals surface area contributed by atoms with Gasteiger partial charge in [-0.25, -0.2) is 9.97 Å². The Bertz CT molecular complexity index is 1120. The highest BCUT2D eigenvalue weighted by Gasteiger charge is 2.20. The minimum absolute atomic E-state index is 0.0334. The van der Waals surface area contributed by atoms with Crippen LogP contribution in [0.5, 0.6) is 0 Å². The summed E-state index contributed by atoms with van der Waals surface area (Å²) in [5.41, 5.74) is 9.74. The predicted octanol–water partition coefficient (Wildman–Crippen LogP) is 0.786. The summed E-state index contributed by atoms with van der Waals surface area (Å²) in [6, 6.07) is 9.21. The van der Waals surface area contributed by atoms with Crippen LogP contribution >= 0.6 is 0 Å². The highest BCUT2D eigenvalue weighted by molar-refractivity contribution is 6.07. The minimum atomic E-state index is -0.467. The number of nitrogens with two attached hydrogens (primary N) is 1. The molecule has 0 spiro atoms. The van der Waals surface area contributed by atoms with Gasteiger partial charge in [-0.15, -0.1) is 0 Å². The van der Waals surface area contributed by atoms with Crippen molar-refractivity contribution < 1.29 is 14.6 Å². The fraction of sp³-hybridized carbons (Fsp3) is 0.304. The lowest BCUT2D eigenvalue weighted by Crippen LogP contribution is -2.36. The molecule has 1 saturated heterocycles. The first-order chi connectivity index (χ1) is 16.6. The molecule has 3 aromatic rings. The third-order valence-corrected chi connectivity index (χ3v) is 5.60. The number of aromatic nitrogens is 3. The van der Waals surface area contributed by atoms with Crippen molar-refractivity contribution in [2.75, 3.05) is 48.9 Å². The van der Waals surface area contributed by atoms with Crippen LogP contribution in [0.1, 0.15) is 16.1 Å². The molecule has 0 bridgehead atoms. The maximum absolute atomic E-state index is 13.1. The van der Waals surface area contributed by atoms with Crippen molar-refractivity contribution in [3.05, 3.63) is 60.2 Å². The second-order valence-electron chi connectivity index (χ2n) is 7.88. The van der Waals surface area contributed by atoms with Gasteiger partial charge < -0.3 is 31.0 Å². The van der Waals surface area contributed by atoms with Crippen LogP contribution < -0.4 is 21.2 Å². The Morgan fingerprint density at radius 3 is 2.68 bits per heavy atom. The van der Waals surface area contributed by atoms with Gasteiger partial charge in [0.05, 0.1) is 49.3 Å². The SMILES string of the molecule is [B]N[C@@H](CO)Cc1ccc(-c2cnc(N)c(C(=O)Nc3cnccc3N3CCOCC3)n2)cc1. The average molecular weight is 459 g/mol. The highest BCUT2D eigenvalue weighted by atomic mass is 16.5. The Labute approximate surface area is 199 Å². The van der Waals surface area contributed by atoms with Gasteiger partial charge >= 0.3 is 0 Å². The van der Waals surface area contributed by atoms with E-state index in [1.165, 1.54) is 6.20 Å². The largest absolute Gasteiger partial charge is 0.395 e. The molecule has 1 aliphatic heterocycles. The lowest BCUT2D eigenvalue weighted by atomic mass is 10.0. The van der Waals surface area contributed by atoms with E-state index in [2.05, 4.69) is 30.4 Å². The Hall–Kier alpha value is -3.54. The summed E-state index contributed by atoms with van der Waals surface area (Å²) >= 11 is 0. The van der Waals surface area contributed by atoms with E-state index in [4.69, 9.17) is 18.5 Å². The molecule has 0 saturated carbocycles. The molecule has 1 atom stereocenters. The normalized spacial score (nSPS) is 14.6. The number of hydrogen-bond acceptors (Lipinski definition) is 9. The topological polar surface area (TPSA) is 139 Å². The first-order valence-corrected chi connectivity index (χ1v) is 11.0. The van der Waals surface area contributed by atoms with Gasteiger partial charge in [0.1, 0.15) is 0 Å². The number of nitrogens with one attached hydrogen (secondary N) is 2. The summed E-state index contributed by atoms with van der Waals surface area (Å²) in [5.74, 6) is -0.430. The van der Waals surface area contributed by atoms with Gasteiger partial charge in [-0.3, -0.25) is 9.78 Å². The third-order valence-electron chi connectivity index (χ3n) is 5.60. The molecule has 34 heavy (non-hydrogen) atoms. The number of aliphatic hydroxyl groups excluding tert-OH is 1. The fourth-order valence-electron chi connectivity index (χ4n) is 3.72. The second-order valence-corrected chi connectivity index (χ2v) is 7.88. The first kappa shape index (κ1) is 23.6. The van der Waals surface area contributed by atoms with E-state index >= 15 is 0 Å². The van der Waals surface area contributed by atoms with Crippen LogP contribution in [0, 0.1) is 0 Å². The van der Waals surface area contributed by atoms with E-state index in [-0.39, 0.29) is 24.2 Å². The molecule has 11 heteroatoms. The van der Waals surface area contributed by atoms with Crippen LogP contribution in [0.25, 0.3) is 11.3 Å². The zero-order valence-electron chi connectivity index (χ0n) is 18.6. The van der Waals surface area contributed by atoms with Gasteiger partial charge in [-0.1, -0.05) is 24.3 Å². The minimum Gasteiger partial charge on any atom is -0.395 e. The molecule has 0 unspecified atom stereocenters. The quantitative estimate of drug-likeness (QED) is 0.360. The highest BCUT2D eigenvalue weighted by Crippen LogP contribution is 2.26. The van der Waals surface area contributed by atoms with E-state index in [1.54, 1.807) is 12.4 Å². The molecule has 2 radical (unpaired) electrons. The molecule has 1 amide bonds. The van der Waals surface area contributed by atoms with Gasteiger partial charge in [0.25, 0.3) is 5.91 Å². The van der Waals surface area contributed by atoms with Crippen molar-refractivity contribution in [3.63, 3.8) is 0 Å². The number of carbonyl (C=O) groups excluding carboxylic acids is 1. The van der Waals surface area contributed by atoms with E-state index in [0.29, 0.717) is 31.0 Å². The Balaban J connectivity index is 1.53. The Morgan fingerprint density at radius 1 is 1.21 bits per heavy atom. The molecular weight excluding hydrogens is 433 g/mol. The summed E-state index contributed by atoms with van der Waals surface area (Å²) in [6.45, 7) is 2.63. The molecule has 2 aromatic heterocycles. The van der Waals surface area contributed by atoms with Crippen molar-refractivity contribution in [1.29, 1.82) is 0 Å². The number of ether oxygens (including phenoxy) is 1. The number of rotatable bonds is 8. The van der Waals surface area contributed by atoms with Crippen molar-refractivity contribution in [2.24, 2.45) is 0 Å². The number of nitrogen functional groups attached to an aromatic ring is 1. The summed E-state index contributed by atoms with van der Waals surface area (Å²) in [5, 5.41) is 14.8. The van der Waals surface area contributed by atoms with Crippen LogP contribution in [0.4, 0.5) is 17.2 Å². The molecule has 174 valence electrons. The number of carbonyl (C=O) groups is 1. The molecule has 5 N–H and O–H groups in total. The maximum atomic E-state index is 13.1. The van der Waals surface area contributed by atoms with Crippen molar-refractivity contribution in [2.45, 2.75) is 12.5 Å². The van der Waals surface area contributed by atoms with E-state index in [9.17, 15) is 9.90 Å². The molecule has 1 aliphatic rings.